The molecule has 1 aromatic rings. The van der Waals surface area contributed by atoms with E-state index < -0.39 is 0 Å². The molecule has 0 saturated heterocycles. The number of pyridine rings is 1. The summed E-state index contributed by atoms with van der Waals surface area (Å²) in [6.07, 6.45) is 7.40. The van der Waals surface area contributed by atoms with Crippen LogP contribution in [0.25, 0.3) is 0 Å². The van der Waals surface area contributed by atoms with Gasteiger partial charge in [0.05, 0.1) is 0 Å². The monoisotopic (exact) mass is 276 g/mol. The van der Waals surface area contributed by atoms with E-state index >= 15 is 0 Å². The molecule has 0 amide bonds. The Morgan fingerprint density at radius 1 is 1.25 bits per heavy atom. The van der Waals surface area contributed by atoms with Gasteiger partial charge in [0.15, 0.2) is 0 Å². The molecule has 0 aromatic carbocycles. The number of hydrogen-bond acceptors (Lipinski definition) is 3. The van der Waals surface area contributed by atoms with Gasteiger partial charge in [-0.15, -0.1) is 0 Å². The second-order valence-electron chi connectivity index (χ2n) is 6.09. The van der Waals surface area contributed by atoms with Crippen molar-refractivity contribution in [1.82, 2.24) is 10.3 Å². The maximum Gasteiger partial charge on any atom is 0.214 e. The molecule has 1 N–H and O–H groups in total. The first-order chi connectivity index (χ1) is 9.71. The van der Waals surface area contributed by atoms with Crippen LogP contribution in [0.5, 0.6) is 5.88 Å². The summed E-state index contributed by atoms with van der Waals surface area (Å²) in [5.74, 6) is 1.68. The van der Waals surface area contributed by atoms with E-state index in [4.69, 9.17) is 4.74 Å². The molecule has 1 saturated carbocycles. The SMILES string of the molecule is CCCc1cc(CNC)cc(OC2CCC(C)CC2)n1. The maximum atomic E-state index is 6.14. The summed E-state index contributed by atoms with van der Waals surface area (Å²) in [4.78, 5) is 4.67. The van der Waals surface area contributed by atoms with E-state index in [0.29, 0.717) is 6.10 Å². The minimum Gasteiger partial charge on any atom is -0.474 e. The van der Waals surface area contributed by atoms with Gasteiger partial charge in [0.25, 0.3) is 0 Å². The topological polar surface area (TPSA) is 34.1 Å². The van der Waals surface area contributed by atoms with Crippen molar-refractivity contribution in [3.8, 4) is 5.88 Å². The van der Waals surface area contributed by atoms with Crippen molar-refractivity contribution in [3.05, 3.63) is 23.4 Å². The average molecular weight is 276 g/mol. The zero-order chi connectivity index (χ0) is 14.4. The standard InChI is InChI=1S/C17H28N2O/c1-4-5-15-10-14(12-18-3)11-17(19-15)20-16-8-6-13(2)7-9-16/h10-11,13,16,18H,4-9,12H2,1-3H3. The molecule has 0 radical (unpaired) electrons. The van der Waals surface area contributed by atoms with Crippen molar-refractivity contribution in [2.24, 2.45) is 5.92 Å². The van der Waals surface area contributed by atoms with Crippen molar-refractivity contribution >= 4 is 0 Å². The van der Waals surface area contributed by atoms with Crippen molar-refractivity contribution in [1.29, 1.82) is 0 Å². The summed E-state index contributed by atoms with van der Waals surface area (Å²) in [7, 11) is 1.98. The lowest BCUT2D eigenvalue weighted by molar-refractivity contribution is 0.129. The molecule has 0 bridgehead atoms. The first kappa shape index (κ1) is 15.3. The molecule has 0 atom stereocenters. The van der Waals surface area contributed by atoms with Gasteiger partial charge in [0, 0.05) is 18.3 Å². The van der Waals surface area contributed by atoms with Gasteiger partial charge >= 0.3 is 0 Å². The van der Waals surface area contributed by atoms with Crippen LogP contribution in [0.3, 0.4) is 0 Å². The van der Waals surface area contributed by atoms with Crippen LogP contribution in [-0.2, 0) is 13.0 Å². The summed E-state index contributed by atoms with van der Waals surface area (Å²) in [5.41, 5.74) is 2.42. The third-order valence-electron chi connectivity index (χ3n) is 4.05. The van der Waals surface area contributed by atoms with Crippen LogP contribution >= 0.6 is 0 Å². The Labute approximate surface area is 123 Å². The number of aromatic nitrogens is 1. The fraction of sp³-hybridized carbons (Fsp3) is 0.706. The number of aryl methyl sites for hydroxylation is 1. The first-order valence-electron chi connectivity index (χ1n) is 8.02. The predicted octanol–water partition coefficient (Wildman–Crippen LogP) is 3.71. The van der Waals surface area contributed by atoms with Gasteiger partial charge in [-0.3, -0.25) is 0 Å². The Kier molecular flexibility index (Phi) is 5.84. The molecular formula is C17H28N2O. The molecule has 3 nitrogen and oxygen atoms in total. The van der Waals surface area contributed by atoms with E-state index in [1.165, 1.54) is 31.2 Å². The van der Waals surface area contributed by atoms with Crippen LogP contribution in [0.2, 0.25) is 0 Å². The number of ether oxygens (including phenoxy) is 1. The second-order valence-corrected chi connectivity index (χ2v) is 6.09. The van der Waals surface area contributed by atoms with E-state index in [1.807, 2.05) is 7.05 Å². The van der Waals surface area contributed by atoms with Crippen LogP contribution in [0, 0.1) is 5.92 Å². The lowest BCUT2D eigenvalue weighted by Crippen LogP contribution is -2.23. The van der Waals surface area contributed by atoms with E-state index in [0.717, 1.165) is 36.9 Å². The van der Waals surface area contributed by atoms with Gasteiger partial charge in [-0.05, 0) is 56.7 Å². The minimum absolute atomic E-state index is 0.359. The molecule has 3 heteroatoms. The maximum absolute atomic E-state index is 6.14. The molecule has 1 aromatic heterocycles. The lowest BCUT2D eigenvalue weighted by Gasteiger charge is -2.26. The van der Waals surface area contributed by atoms with Gasteiger partial charge in [-0.2, -0.15) is 0 Å². The normalized spacial score (nSPS) is 22.8. The van der Waals surface area contributed by atoms with Gasteiger partial charge in [-0.25, -0.2) is 4.98 Å². The smallest absolute Gasteiger partial charge is 0.214 e. The molecule has 1 aliphatic rings. The number of nitrogens with one attached hydrogen (secondary N) is 1. The van der Waals surface area contributed by atoms with Gasteiger partial charge in [0.1, 0.15) is 6.10 Å². The van der Waals surface area contributed by atoms with Crippen molar-refractivity contribution < 1.29 is 4.74 Å². The van der Waals surface area contributed by atoms with Crippen LogP contribution < -0.4 is 10.1 Å². The average Bonchev–Trinajstić information content (AvgIpc) is 2.42. The Morgan fingerprint density at radius 3 is 2.65 bits per heavy atom. The highest BCUT2D eigenvalue weighted by Gasteiger charge is 2.20. The fourth-order valence-corrected chi connectivity index (χ4v) is 2.89. The molecule has 0 unspecified atom stereocenters. The second kappa shape index (κ2) is 7.63. The van der Waals surface area contributed by atoms with E-state index in [1.54, 1.807) is 0 Å². The predicted molar refractivity (Wildman–Crippen MR) is 83.0 cm³/mol. The Hall–Kier alpha value is -1.09. The van der Waals surface area contributed by atoms with Crippen LogP contribution in [0.4, 0.5) is 0 Å². The molecule has 1 aliphatic carbocycles. The lowest BCUT2D eigenvalue weighted by atomic mass is 9.89. The Bertz CT molecular complexity index is 387. The zero-order valence-electron chi connectivity index (χ0n) is 13.1. The zero-order valence-corrected chi connectivity index (χ0v) is 13.1. The van der Waals surface area contributed by atoms with Crippen molar-refractivity contribution in [2.75, 3.05) is 7.05 Å². The highest BCUT2D eigenvalue weighted by Crippen LogP contribution is 2.27. The molecule has 1 heterocycles. The number of rotatable bonds is 6. The van der Waals surface area contributed by atoms with Crippen LogP contribution in [0.1, 0.15) is 57.2 Å². The van der Waals surface area contributed by atoms with E-state index in [9.17, 15) is 0 Å². The Morgan fingerprint density at radius 2 is 2.00 bits per heavy atom. The summed E-state index contributed by atoms with van der Waals surface area (Å²) >= 11 is 0. The third-order valence-corrected chi connectivity index (χ3v) is 4.05. The summed E-state index contributed by atoms with van der Waals surface area (Å²) < 4.78 is 6.14. The number of hydrogen-bond donors (Lipinski definition) is 1. The number of nitrogens with zero attached hydrogens (tertiary/aromatic N) is 1. The van der Waals surface area contributed by atoms with Crippen LogP contribution in [-0.4, -0.2) is 18.1 Å². The van der Waals surface area contributed by atoms with Crippen molar-refractivity contribution in [2.45, 2.75) is 65.0 Å². The summed E-state index contributed by atoms with van der Waals surface area (Å²) in [5, 5.41) is 3.21. The minimum atomic E-state index is 0.359. The molecule has 1 fully saturated rings. The van der Waals surface area contributed by atoms with Crippen molar-refractivity contribution in [3.63, 3.8) is 0 Å². The molecule has 0 aliphatic heterocycles. The third kappa shape index (κ3) is 4.48. The van der Waals surface area contributed by atoms with E-state index in [2.05, 4.69) is 36.3 Å². The highest BCUT2D eigenvalue weighted by molar-refractivity contribution is 5.25. The Balaban J connectivity index is 2.05. The van der Waals surface area contributed by atoms with Gasteiger partial charge < -0.3 is 10.1 Å². The molecule has 112 valence electrons. The summed E-state index contributed by atoms with van der Waals surface area (Å²) in [6, 6.07) is 4.28. The van der Waals surface area contributed by atoms with Crippen LogP contribution in [0.15, 0.2) is 12.1 Å². The molecule has 0 spiro atoms. The summed E-state index contributed by atoms with van der Waals surface area (Å²) in [6.45, 7) is 5.40. The first-order valence-corrected chi connectivity index (χ1v) is 8.02. The fourth-order valence-electron chi connectivity index (χ4n) is 2.89. The largest absolute Gasteiger partial charge is 0.474 e. The molecule has 20 heavy (non-hydrogen) atoms. The molecule has 2 rings (SSSR count). The highest BCUT2D eigenvalue weighted by atomic mass is 16.5. The van der Waals surface area contributed by atoms with Gasteiger partial charge in [0.2, 0.25) is 5.88 Å². The van der Waals surface area contributed by atoms with Gasteiger partial charge in [-0.1, -0.05) is 20.3 Å². The van der Waals surface area contributed by atoms with E-state index in [-0.39, 0.29) is 0 Å². The molecular weight excluding hydrogens is 248 g/mol. The quantitative estimate of drug-likeness (QED) is 0.860.